The van der Waals surface area contributed by atoms with E-state index in [1.807, 2.05) is 19.9 Å². The first-order chi connectivity index (χ1) is 15.5. The normalized spacial score (nSPS) is 17.7. The molecule has 1 atom stereocenters. The lowest BCUT2D eigenvalue weighted by atomic mass is 9.98. The standard InChI is InChI=1S/C26H24N2O4/c1-17(2)16-32-20-12-8-9-18(15-20)24(29)22-23(21-13-6-7-14-27-21)28(26(31)25(22)30)19-10-4-3-5-11-19/h3-15,17,23,29H,16H2,1-2H3/b24-22-. The van der Waals surface area contributed by atoms with E-state index < -0.39 is 17.7 Å². The zero-order valence-corrected chi connectivity index (χ0v) is 17.9. The topological polar surface area (TPSA) is 79.7 Å². The summed E-state index contributed by atoms with van der Waals surface area (Å²) in [7, 11) is 0. The lowest BCUT2D eigenvalue weighted by Gasteiger charge is -2.24. The van der Waals surface area contributed by atoms with Gasteiger partial charge in [-0.25, -0.2) is 0 Å². The van der Waals surface area contributed by atoms with Gasteiger partial charge in [0.2, 0.25) is 0 Å². The number of carbonyl (C=O) groups is 2. The van der Waals surface area contributed by atoms with Gasteiger partial charge in [0.25, 0.3) is 11.7 Å². The van der Waals surface area contributed by atoms with E-state index in [-0.39, 0.29) is 11.3 Å². The number of ether oxygens (including phenoxy) is 1. The number of aliphatic hydroxyl groups is 1. The number of carbonyl (C=O) groups excluding carboxylic acids is 2. The Bertz CT molecular complexity index is 1160. The molecule has 6 nitrogen and oxygen atoms in total. The summed E-state index contributed by atoms with van der Waals surface area (Å²) in [6, 6.07) is 20.2. The molecule has 0 aliphatic carbocycles. The van der Waals surface area contributed by atoms with E-state index in [0.717, 1.165) is 0 Å². The summed E-state index contributed by atoms with van der Waals surface area (Å²) in [4.78, 5) is 31.9. The van der Waals surface area contributed by atoms with Crippen LogP contribution in [0.15, 0.2) is 84.6 Å². The van der Waals surface area contributed by atoms with Crippen molar-refractivity contribution in [3.8, 4) is 5.75 Å². The first kappa shape index (κ1) is 21.3. The van der Waals surface area contributed by atoms with Crippen molar-refractivity contribution in [2.75, 3.05) is 11.5 Å². The van der Waals surface area contributed by atoms with Gasteiger partial charge in [-0.3, -0.25) is 19.5 Å². The van der Waals surface area contributed by atoms with E-state index in [0.29, 0.717) is 35.2 Å². The number of Topliss-reactive ketones (excluding diaryl/α,β-unsaturated/α-hetero) is 1. The first-order valence-electron chi connectivity index (χ1n) is 10.5. The average molecular weight is 428 g/mol. The molecule has 1 unspecified atom stereocenters. The van der Waals surface area contributed by atoms with Gasteiger partial charge < -0.3 is 9.84 Å². The van der Waals surface area contributed by atoms with Crippen LogP contribution in [0.5, 0.6) is 5.75 Å². The van der Waals surface area contributed by atoms with E-state index in [1.54, 1.807) is 72.9 Å². The molecule has 1 N–H and O–H groups in total. The second kappa shape index (κ2) is 9.06. The molecule has 1 aliphatic rings. The highest BCUT2D eigenvalue weighted by atomic mass is 16.5. The lowest BCUT2D eigenvalue weighted by Crippen LogP contribution is -2.29. The van der Waals surface area contributed by atoms with Crippen molar-refractivity contribution in [1.82, 2.24) is 4.98 Å². The van der Waals surface area contributed by atoms with E-state index in [2.05, 4.69) is 4.98 Å². The van der Waals surface area contributed by atoms with Gasteiger partial charge in [-0.1, -0.05) is 50.2 Å². The molecule has 1 saturated heterocycles. The van der Waals surface area contributed by atoms with Crippen LogP contribution in [0.2, 0.25) is 0 Å². The minimum atomic E-state index is -0.848. The molecule has 0 spiro atoms. The third-order valence-corrected chi connectivity index (χ3v) is 5.14. The third kappa shape index (κ3) is 4.12. The summed E-state index contributed by atoms with van der Waals surface area (Å²) < 4.78 is 5.76. The first-order valence-corrected chi connectivity index (χ1v) is 10.5. The molecule has 162 valence electrons. The van der Waals surface area contributed by atoms with Crippen LogP contribution in [0.1, 0.15) is 31.1 Å². The fraction of sp³-hybridized carbons (Fsp3) is 0.192. The number of aromatic nitrogens is 1. The Kier molecular flexibility index (Phi) is 6.03. The van der Waals surface area contributed by atoms with E-state index in [1.165, 1.54) is 4.90 Å². The number of anilines is 1. The Balaban J connectivity index is 1.84. The van der Waals surface area contributed by atoms with Gasteiger partial charge in [0.05, 0.1) is 17.9 Å². The van der Waals surface area contributed by atoms with Gasteiger partial charge in [-0.2, -0.15) is 0 Å². The van der Waals surface area contributed by atoms with Crippen LogP contribution in [0.4, 0.5) is 5.69 Å². The number of rotatable bonds is 6. The Morgan fingerprint density at radius 1 is 1.03 bits per heavy atom. The minimum absolute atomic E-state index is 0.00133. The second-order valence-corrected chi connectivity index (χ2v) is 7.99. The maximum atomic E-state index is 13.1. The Hall–Kier alpha value is -3.93. The molecule has 1 amide bonds. The van der Waals surface area contributed by atoms with Crippen LogP contribution < -0.4 is 9.64 Å². The molecule has 32 heavy (non-hydrogen) atoms. The number of aliphatic hydroxyl groups excluding tert-OH is 1. The largest absolute Gasteiger partial charge is 0.507 e. The van der Waals surface area contributed by atoms with Crippen molar-refractivity contribution in [1.29, 1.82) is 0 Å². The highest BCUT2D eigenvalue weighted by Crippen LogP contribution is 2.41. The molecular formula is C26H24N2O4. The molecule has 1 aromatic heterocycles. The van der Waals surface area contributed by atoms with Crippen LogP contribution in [-0.4, -0.2) is 28.4 Å². The van der Waals surface area contributed by atoms with Crippen LogP contribution >= 0.6 is 0 Å². The van der Waals surface area contributed by atoms with Gasteiger partial charge in [0.15, 0.2) is 0 Å². The SMILES string of the molecule is CC(C)COc1cccc(/C(O)=C2/C(=O)C(=O)N(c3ccccc3)C2c2ccccn2)c1. The highest BCUT2D eigenvalue weighted by molar-refractivity contribution is 6.51. The molecule has 3 aromatic rings. The average Bonchev–Trinajstić information content (AvgIpc) is 3.09. The molecule has 0 bridgehead atoms. The number of ketones is 1. The molecule has 1 aliphatic heterocycles. The number of hydrogen-bond donors (Lipinski definition) is 1. The monoisotopic (exact) mass is 428 g/mol. The summed E-state index contributed by atoms with van der Waals surface area (Å²) >= 11 is 0. The van der Waals surface area contributed by atoms with Gasteiger partial charge in [0.1, 0.15) is 17.6 Å². The quantitative estimate of drug-likeness (QED) is 0.348. The number of pyridine rings is 1. The number of para-hydroxylation sites is 1. The van der Waals surface area contributed by atoms with Crippen LogP contribution in [0.25, 0.3) is 5.76 Å². The predicted molar refractivity (Wildman–Crippen MR) is 122 cm³/mol. The fourth-order valence-corrected chi connectivity index (χ4v) is 3.66. The Morgan fingerprint density at radius 3 is 2.47 bits per heavy atom. The summed E-state index contributed by atoms with van der Waals surface area (Å²) in [5.74, 6) is -0.800. The number of benzene rings is 2. The number of hydrogen-bond acceptors (Lipinski definition) is 5. The fourth-order valence-electron chi connectivity index (χ4n) is 3.66. The molecule has 2 heterocycles. The molecule has 6 heteroatoms. The van der Waals surface area contributed by atoms with Crippen LogP contribution in [0, 0.1) is 5.92 Å². The van der Waals surface area contributed by atoms with Crippen molar-refractivity contribution >= 4 is 23.1 Å². The summed E-state index contributed by atoms with van der Waals surface area (Å²) in [5.41, 5.74) is 1.44. The molecular weight excluding hydrogens is 404 g/mol. The van der Waals surface area contributed by atoms with Crippen molar-refractivity contribution in [2.24, 2.45) is 5.92 Å². The van der Waals surface area contributed by atoms with Crippen molar-refractivity contribution < 1.29 is 19.4 Å². The van der Waals surface area contributed by atoms with Crippen LogP contribution in [0.3, 0.4) is 0 Å². The van der Waals surface area contributed by atoms with Crippen molar-refractivity contribution in [3.05, 3.63) is 95.8 Å². The zero-order chi connectivity index (χ0) is 22.7. The van der Waals surface area contributed by atoms with E-state index in [9.17, 15) is 14.7 Å². The number of nitrogens with zero attached hydrogens (tertiary/aromatic N) is 2. The maximum Gasteiger partial charge on any atom is 0.300 e. The summed E-state index contributed by atoms with van der Waals surface area (Å²) in [6.45, 7) is 4.61. The summed E-state index contributed by atoms with van der Waals surface area (Å²) in [6.07, 6.45) is 1.60. The van der Waals surface area contributed by atoms with Gasteiger partial charge in [-0.05, 0) is 42.3 Å². The van der Waals surface area contributed by atoms with E-state index >= 15 is 0 Å². The van der Waals surface area contributed by atoms with Crippen LogP contribution in [-0.2, 0) is 9.59 Å². The van der Waals surface area contributed by atoms with Gasteiger partial charge >= 0.3 is 0 Å². The molecule has 2 aromatic carbocycles. The maximum absolute atomic E-state index is 13.1. The minimum Gasteiger partial charge on any atom is -0.507 e. The molecule has 4 rings (SSSR count). The summed E-state index contributed by atoms with van der Waals surface area (Å²) in [5, 5.41) is 11.2. The van der Waals surface area contributed by atoms with E-state index in [4.69, 9.17) is 4.74 Å². The Labute approximate surface area is 186 Å². The van der Waals surface area contributed by atoms with Gasteiger partial charge in [0, 0.05) is 17.4 Å². The smallest absolute Gasteiger partial charge is 0.300 e. The molecule has 0 saturated carbocycles. The zero-order valence-electron chi connectivity index (χ0n) is 17.9. The third-order valence-electron chi connectivity index (χ3n) is 5.14. The van der Waals surface area contributed by atoms with Crippen molar-refractivity contribution in [2.45, 2.75) is 19.9 Å². The molecule has 1 fully saturated rings. The van der Waals surface area contributed by atoms with Crippen molar-refractivity contribution in [3.63, 3.8) is 0 Å². The number of amides is 1. The predicted octanol–water partition coefficient (Wildman–Crippen LogP) is 4.74. The molecule has 0 radical (unpaired) electrons. The van der Waals surface area contributed by atoms with Gasteiger partial charge in [-0.15, -0.1) is 0 Å². The second-order valence-electron chi connectivity index (χ2n) is 7.99. The lowest BCUT2D eigenvalue weighted by molar-refractivity contribution is -0.132. The highest BCUT2D eigenvalue weighted by Gasteiger charge is 2.47. The Morgan fingerprint density at radius 2 is 1.78 bits per heavy atom.